The average molecular weight is 425 g/mol. The van der Waals surface area contributed by atoms with E-state index >= 15 is 0 Å². The molecule has 150 valence electrons. The minimum atomic E-state index is 0.0699. The van der Waals surface area contributed by atoms with Crippen LogP contribution < -0.4 is 9.47 Å². The van der Waals surface area contributed by atoms with Gasteiger partial charge in [0.15, 0.2) is 4.32 Å². The van der Waals surface area contributed by atoms with Crippen LogP contribution in [-0.2, 0) is 0 Å². The normalized spacial score (nSPS) is 22.2. The Balaban J connectivity index is 1.68. The summed E-state index contributed by atoms with van der Waals surface area (Å²) in [5, 5.41) is 6.83. The molecule has 1 saturated carbocycles. The van der Waals surface area contributed by atoms with Crippen molar-refractivity contribution in [1.29, 1.82) is 0 Å². The first kappa shape index (κ1) is 20.0. The van der Waals surface area contributed by atoms with Gasteiger partial charge in [0, 0.05) is 5.92 Å². The van der Waals surface area contributed by atoms with Gasteiger partial charge in [-0.25, -0.2) is 5.01 Å². The van der Waals surface area contributed by atoms with Crippen LogP contribution in [0.4, 0.5) is 0 Å². The van der Waals surface area contributed by atoms with Crippen molar-refractivity contribution in [2.45, 2.75) is 25.3 Å². The van der Waals surface area contributed by atoms with E-state index in [9.17, 15) is 0 Å². The van der Waals surface area contributed by atoms with Gasteiger partial charge in [-0.05, 0) is 66.3 Å². The highest BCUT2D eigenvalue weighted by Crippen LogP contribution is 2.45. The molecule has 0 aromatic heterocycles. The first-order chi connectivity index (χ1) is 14.1. The lowest BCUT2D eigenvalue weighted by atomic mass is 9.77. The molecule has 2 aliphatic rings. The van der Waals surface area contributed by atoms with Gasteiger partial charge in [-0.1, -0.05) is 36.5 Å². The number of fused-ring (bicyclic) bond motifs is 1. The van der Waals surface area contributed by atoms with Gasteiger partial charge in [-0.15, -0.1) is 12.6 Å². The van der Waals surface area contributed by atoms with E-state index in [2.05, 4.69) is 43.0 Å². The van der Waals surface area contributed by atoms with Gasteiger partial charge in [0.1, 0.15) is 11.5 Å². The van der Waals surface area contributed by atoms with Crippen molar-refractivity contribution < 1.29 is 9.47 Å². The summed E-state index contributed by atoms with van der Waals surface area (Å²) in [7, 11) is 3.36. The predicted octanol–water partition coefficient (Wildman–Crippen LogP) is 5.51. The van der Waals surface area contributed by atoms with Gasteiger partial charge in [0.05, 0.1) is 26.0 Å². The highest BCUT2D eigenvalue weighted by atomic mass is 32.1. The minimum absolute atomic E-state index is 0.0699. The average Bonchev–Trinajstić information content (AvgIpc) is 3.15. The van der Waals surface area contributed by atoms with Crippen molar-refractivity contribution >= 4 is 41.0 Å². The van der Waals surface area contributed by atoms with Crippen LogP contribution in [0.3, 0.4) is 0 Å². The number of rotatable bonds is 4. The fraction of sp³-hybridized carbons (Fsp3) is 0.304. The Kier molecular flexibility index (Phi) is 5.92. The van der Waals surface area contributed by atoms with Crippen LogP contribution >= 0.6 is 24.8 Å². The largest absolute Gasteiger partial charge is 0.497 e. The summed E-state index contributed by atoms with van der Waals surface area (Å²) < 4.78 is 11.1. The lowest BCUT2D eigenvalue weighted by molar-refractivity contribution is 0.312. The Hall–Kier alpha value is -2.31. The number of ether oxygens (including phenoxy) is 2. The van der Waals surface area contributed by atoms with Crippen molar-refractivity contribution in [1.82, 2.24) is 5.01 Å². The summed E-state index contributed by atoms with van der Waals surface area (Å²) in [5.41, 5.74) is 4.73. The van der Waals surface area contributed by atoms with Gasteiger partial charge in [0.25, 0.3) is 0 Å². The number of methoxy groups -OCH3 is 2. The molecule has 1 aliphatic heterocycles. The van der Waals surface area contributed by atoms with Crippen LogP contribution in [0.2, 0.25) is 0 Å². The SMILES string of the molecule is COc1ccc(/C=C2\CCC[C@H]3C2=NN(C(=S)S)[C@@H]3c2ccc(OC)cc2)cc1. The number of allylic oxidation sites excluding steroid dienone is 1. The quantitative estimate of drug-likeness (QED) is 0.518. The number of hydrogen-bond acceptors (Lipinski definition) is 4. The van der Waals surface area contributed by atoms with Crippen molar-refractivity contribution in [3.05, 3.63) is 65.2 Å². The molecule has 0 N–H and O–H groups in total. The fourth-order valence-electron chi connectivity index (χ4n) is 4.19. The molecule has 0 bridgehead atoms. The highest BCUT2D eigenvalue weighted by molar-refractivity contribution is 8.10. The molecule has 0 spiro atoms. The summed E-state index contributed by atoms with van der Waals surface area (Å²) in [6.45, 7) is 0. The first-order valence-electron chi connectivity index (χ1n) is 9.70. The molecule has 2 aromatic carbocycles. The molecule has 1 fully saturated rings. The molecule has 0 amide bonds. The van der Waals surface area contributed by atoms with Gasteiger partial charge in [-0.2, -0.15) is 5.10 Å². The van der Waals surface area contributed by atoms with Crippen LogP contribution in [0.25, 0.3) is 6.08 Å². The van der Waals surface area contributed by atoms with E-state index in [1.165, 1.54) is 11.1 Å². The lowest BCUT2D eigenvalue weighted by Gasteiger charge is -2.29. The molecule has 29 heavy (non-hydrogen) atoms. The zero-order chi connectivity index (χ0) is 20.4. The maximum absolute atomic E-state index is 5.42. The van der Waals surface area contributed by atoms with Crippen LogP contribution in [0, 0.1) is 5.92 Å². The number of hydrogen-bond donors (Lipinski definition) is 1. The topological polar surface area (TPSA) is 34.1 Å². The van der Waals surface area contributed by atoms with E-state index in [0.717, 1.165) is 42.0 Å². The Morgan fingerprint density at radius 3 is 2.28 bits per heavy atom. The number of thiocarbonyl (C=S) groups is 1. The Morgan fingerprint density at radius 1 is 1.07 bits per heavy atom. The Morgan fingerprint density at radius 2 is 1.69 bits per heavy atom. The van der Waals surface area contributed by atoms with Crippen molar-refractivity contribution in [2.24, 2.45) is 11.0 Å². The van der Waals surface area contributed by atoms with Gasteiger partial charge < -0.3 is 9.47 Å². The smallest absolute Gasteiger partial charge is 0.154 e. The van der Waals surface area contributed by atoms with E-state index in [0.29, 0.717) is 10.2 Å². The zero-order valence-electron chi connectivity index (χ0n) is 16.5. The van der Waals surface area contributed by atoms with Gasteiger partial charge in [0.2, 0.25) is 0 Å². The molecule has 1 heterocycles. The third kappa shape index (κ3) is 4.05. The fourth-order valence-corrected chi connectivity index (χ4v) is 4.52. The second-order valence-corrected chi connectivity index (χ2v) is 8.38. The molecule has 0 unspecified atom stereocenters. The van der Waals surface area contributed by atoms with Crippen molar-refractivity contribution in [3.8, 4) is 11.5 Å². The summed E-state index contributed by atoms with van der Waals surface area (Å²) in [6, 6.07) is 16.4. The summed E-state index contributed by atoms with van der Waals surface area (Å²) in [6.07, 6.45) is 5.47. The predicted molar refractivity (Wildman–Crippen MR) is 125 cm³/mol. The number of hydrazone groups is 1. The monoisotopic (exact) mass is 424 g/mol. The molecule has 0 radical (unpaired) electrons. The summed E-state index contributed by atoms with van der Waals surface area (Å²) in [4.78, 5) is 0. The molecule has 0 saturated heterocycles. The van der Waals surface area contributed by atoms with Gasteiger partial charge >= 0.3 is 0 Å². The highest BCUT2D eigenvalue weighted by Gasteiger charge is 2.42. The van der Waals surface area contributed by atoms with Crippen molar-refractivity contribution in [3.63, 3.8) is 0 Å². The second kappa shape index (κ2) is 8.59. The van der Waals surface area contributed by atoms with E-state index < -0.39 is 0 Å². The number of thiol groups is 1. The van der Waals surface area contributed by atoms with Crippen molar-refractivity contribution in [2.75, 3.05) is 14.2 Å². The third-order valence-corrected chi connectivity index (χ3v) is 6.00. The van der Waals surface area contributed by atoms with Crippen LogP contribution in [-0.4, -0.2) is 29.3 Å². The molecular weight excluding hydrogens is 400 g/mol. The maximum atomic E-state index is 5.42. The molecule has 1 aliphatic carbocycles. The first-order valence-corrected chi connectivity index (χ1v) is 10.6. The van der Waals surface area contributed by atoms with Crippen LogP contribution in [0.5, 0.6) is 11.5 Å². The molecule has 2 atom stereocenters. The Bertz CT molecular complexity index is 952. The number of benzene rings is 2. The van der Waals surface area contributed by atoms with E-state index in [-0.39, 0.29) is 6.04 Å². The second-order valence-electron chi connectivity index (χ2n) is 7.27. The van der Waals surface area contributed by atoms with Crippen LogP contribution in [0.1, 0.15) is 36.4 Å². The van der Waals surface area contributed by atoms with E-state index in [1.54, 1.807) is 14.2 Å². The van der Waals surface area contributed by atoms with Gasteiger partial charge in [-0.3, -0.25) is 0 Å². The molecule has 6 heteroatoms. The van der Waals surface area contributed by atoms with E-state index in [4.69, 9.17) is 26.8 Å². The Labute approximate surface area is 182 Å². The standard InChI is InChI=1S/C23H24N2O2S2/c1-26-18-10-6-15(7-11-18)14-17-4-3-5-20-21(17)24-25(23(28)29)22(20)16-8-12-19(27-2)13-9-16/h6-14,20,22H,3-5H2,1-2H3,(H,28,29)/b17-14+/t20-,22+/m0/s1. The van der Waals surface area contributed by atoms with Crippen LogP contribution in [0.15, 0.2) is 59.2 Å². The van der Waals surface area contributed by atoms with E-state index in [1.807, 2.05) is 29.3 Å². The maximum Gasteiger partial charge on any atom is 0.154 e. The lowest BCUT2D eigenvalue weighted by Crippen LogP contribution is -2.29. The summed E-state index contributed by atoms with van der Waals surface area (Å²) in [5.74, 6) is 2.00. The minimum Gasteiger partial charge on any atom is -0.497 e. The number of nitrogens with zero attached hydrogens (tertiary/aromatic N) is 2. The molecule has 4 nitrogen and oxygen atoms in total. The molecule has 2 aromatic rings. The molecule has 4 rings (SSSR count). The zero-order valence-corrected chi connectivity index (χ0v) is 18.2. The molecular formula is C23H24N2O2S2. The third-order valence-electron chi connectivity index (χ3n) is 5.61. The summed E-state index contributed by atoms with van der Waals surface area (Å²) >= 11 is 9.89.